The van der Waals surface area contributed by atoms with Crippen molar-refractivity contribution in [2.45, 2.75) is 13.0 Å². The monoisotopic (exact) mass is 288 g/mol. The Morgan fingerprint density at radius 2 is 1.86 bits per heavy atom. The lowest BCUT2D eigenvalue weighted by Crippen LogP contribution is -2.28. The number of carbonyl (C=O) groups excluding carboxylic acids is 1. The van der Waals surface area contributed by atoms with E-state index in [0.717, 1.165) is 12.1 Å². The summed E-state index contributed by atoms with van der Waals surface area (Å²) in [5.74, 6) is 1.29. The number of carbonyl (C=O) groups is 1. The molecule has 2 rings (SSSR count). The maximum absolute atomic E-state index is 11.9. The van der Waals surface area contributed by atoms with E-state index in [9.17, 15) is 4.79 Å². The van der Waals surface area contributed by atoms with Gasteiger partial charge in [-0.3, -0.25) is 4.79 Å². The van der Waals surface area contributed by atoms with Crippen LogP contribution < -0.4 is 14.8 Å². The first-order valence-corrected chi connectivity index (χ1v) is 6.81. The Morgan fingerprint density at radius 3 is 2.52 bits per heavy atom. The maximum Gasteiger partial charge on any atom is 0.224 e. The Morgan fingerprint density at radius 1 is 1.14 bits per heavy atom. The molecular formula is C16H20N2O3. The van der Waals surface area contributed by atoms with Crippen LogP contribution in [0.25, 0.3) is 0 Å². The molecule has 0 fully saturated rings. The van der Waals surface area contributed by atoms with E-state index in [1.54, 1.807) is 20.3 Å². The summed E-state index contributed by atoms with van der Waals surface area (Å²) >= 11 is 0. The van der Waals surface area contributed by atoms with Crippen molar-refractivity contribution in [3.63, 3.8) is 0 Å². The first-order valence-electron chi connectivity index (χ1n) is 6.81. The van der Waals surface area contributed by atoms with Crippen molar-refractivity contribution in [1.82, 2.24) is 9.88 Å². The highest BCUT2D eigenvalue weighted by molar-refractivity contribution is 5.78. The van der Waals surface area contributed by atoms with Gasteiger partial charge in [0.15, 0.2) is 11.5 Å². The number of ether oxygens (including phenoxy) is 2. The molecule has 1 N–H and O–H groups in total. The number of hydrogen-bond acceptors (Lipinski definition) is 3. The maximum atomic E-state index is 11.9. The third-order valence-corrected chi connectivity index (χ3v) is 3.17. The molecule has 2 aromatic rings. The fourth-order valence-electron chi connectivity index (χ4n) is 2.08. The zero-order valence-corrected chi connectivity index (χ0v) is 12.3. The minimum Gasteiger partial charge on any atom is -0.493 e. The summed E-state index contributed by atoms with van der Waals surface area (Å²) in [7, 11) is 3.17. The van der Waals surface area contributed by atoms with Crippen molar-refractivity contribution in [2.75, 3.05) is 20.8 Å². The van der Waals surface area contributed by atoms with E-state index < -0.39 is 0 Å². The fourth-order valence-corrected chi connectivity index (χ4v) is 2.08. The van der Waals surface area contributed by atoms with Crippen LogP contribution in [0.1, 0.15) is 5.56 Å². The predicted molar refractivity (Wildman–Crippen MR) is 80.7 cm³/mol. The van der Waals surface area contributed by atoms with E-state index in [-0.39, 0.29) is 5.91 Å². The van der Waals surface area contributed by atoms with Crippen molar-refractivity contribution >= 4 is 5.91 Å². The van der Waals surface area contributed by atoms with Crippen LogP contribution in [0.5, 0.6) is 11.5 Å². The number of rotatable bonds is 7. The van der Waals surface area contributed by atoms with Crippen molar-refractivity contribution in [3.05, 3.63) is 48.3 Å². The Bertz CT molecular complexity index is 579. The minimum absolute atomic E-state index is 0.00521. The number of nitrogens with one attached hydrogen (secondary N) is 1. The third-order valence-electron chi connectivity index (χ3n) is 3.17. The van der Waals surface area contributed by atoms with E-state index in [2.05, 4.69) is 5.32 Å². The average molecular weight is 288 g/mol. The molecule has 0 radical (unpaired) electrons. The van der Waals surface area contributed by atoms with E-state index >= 15 is 0 Å². The Hall–Kier alpha value is -2.43. The Labute approximate surface area is 124 Å². The van der Waals surface area contributed by atoms with Gasteiger partial charge in [-0.25, -0.2) is 0 Å². The largest absolute Gasteiger partial charge is 0.493 e. The topological polar surface area (TPSA) is 52.5 Å². The van der Waals surface area contributed by atoms with Crippen molar-refractivity contribution in [3.8, 4) is 11.5 Å². The minimum atomic E-state index is -0.00521. The van der Waals surface area contributed by atoms with E-state index in [1.165, 1.54) is 0 Å². The molecule has 0 spiro atoms. The Kier molecular flexibility index (Phi) is 5.26. The van der Waals surface area contributed by atoms with Gasteiger partial charge in [0.25, 0.3) is 0 Å². The average Bonchev–Trinajstić information content (AvgIpc) is 3.00. The quantitative estimate of drug-likeness (QED) is 0.846. The predicted octanol–water partition coefficient (Wildman–Crippen LogP) is 1.86. The van der Waals surface area contributed by atoms with Gasteiger partial charge in [-0.15, -0.1) is 0 Å². The van der Waals surface area contributed by atoms with Crippen LogP contribution in [0, 0.1) is 0 Å². The van der Waals surface area contributed by atoms with Gasteiger partial charge >= 0.3 is 0 Å². The number of methoxy groups -OCH3 is 2. The summed E-state index contributed by atoms with van der Waals surface area (Å²) in [5.41, 5.74) is 0.895. The normalized spacial score (nSPS) is 10.2. The molecule has 0 aliphatic heterocycles. The number of nitrogens with zero attached hydrogens (tertiary/aromatic N) is 1. The van der Waals surface area contributed by atoms with Crippen LogP contribution in [-0.2, 0) is 17.8 Å². The van der Waals surface area contributed by atoms with Gasteiger partial charge in [-0.2, -0.15) is 0 Å². The molecule has 0 bridgehead atoms. The van der Waals surface area contributed by atoms with Crippen LogP contribution >= 0.6 is 0 Å². The van der Waals surface area contributed by atoms with Gasteiger partial charge in [-0.1, -0.05) is 6.07 Å². The van der Waals surface area contributed by atoms with Crippen molar-refractivity contribution in [2.24, 2.45) is 0 Å². The molecule has 0 saturated carbocycles. The summed E-state index contributed by atoms with van der Waals surface area (Å²) < 4.78 is 12.4. The zero-order valence-electron chi connectivity index (χ0n) is 12.3. The van der Waals surface area contributed by atoms with Gasteiger partial charge in [-0.05, 0) is 29.8 Å². The summed E-state index contributed by atoms with van der Waals surface area (Å²) in [6, 6.07) is 9.43. The van der Waals surface area contributed by atoms with Gasteiger partial charge in [0, 0.05) is 25.5 Å². The molecule has 0 unspecified atom stereocenters. The SMILES string of the molecule is COc1ccc(CC(=O)NCCn2cccc2)cc1OC. The first kappa shape index (κ1) is 15.0. The summed E-state index contributed by atoms with van der Waals surface area (Å²) in [6.45, 7) is 1.38. The van der Waals surface area contributed by atoms with E-state index in [1.807, 2.05) is 41.2 Å². The fraction of sp³-hybridized carbons (Fsp3) is 0.312. The van der Waals surface area contributed by atoms with E-state index in [0.29, 0.717) is 24.5 Å². The van der Waals surface area contributed by atoms with Gasteiger partial charge in [0.1, 0.15) is 0 Å². The highest BCUT2D eigenvalue weighted by Crippen LogP contribution is 2.27. The van der Waals surface area contributed by atoms with Crippen LogP contribution in [-0.4, -0.2) is 31.2 Å². The van der Waals surface area contributed by atoms with Gasteiger partial charge < -0.3 is 19.4 Å². The van der Waals surface area contributed by atoms with E-state index in [4.69, 9.17) is 9.47 Å². The molecule has 1 heterocycles. The molecule has 112 valence electrons. The van der Waals surface area contributed by atoms with Crippen LogP contribution in [0.2, 0.25) is 0 Å². The van der Waals surface area contributed by atoms with Crippen LogP contribution in [0.15, 0.2) is 42.7 Å². The second-order valence-electron chi connectivity index (χ2n) is 4.64. The zero-order chi connectivity index (χ0) is 15.1. The molecule has 5 nitrogen and oxygen atoms in total. The van der Waals surface area contributed by atoms with Crippen molar-refractivity contribution < 1.29 is 14.3 Å². The lowest BCUT2D eigenvalue weighted by Gasteiger charge is -2.10. The molecule has 1 aromatic heterocycles. The first-order chi connectivity index (χ1) is 10.2. The highest BCUT2D eigenvalue weighted by atomic mass is 16.5. The number of amides is 1. The second-order valence-corrected chi connectivity index (χ2v) is 4.64. The molecule has 0 aliphatic rings. The van der Waals surface area contributed by atoms with Crippen LogP contribution in [0.4, 0.5) is 0 Å². The van der Waals surface area contributed by atoms with Gasteiger partial charge in [0.2, 0.25) is 5.91 Å². The molecular weight excluding hydrogens is 268 g/mol. The summed E-state index contributed by atoms with van der Waals surface area (Å²) in [4.78, 5) is 11.9. The molecule has 5 heteroatoms. The summed E-state index contributed by atoms with van der Waals surface area (Å²) in [6.07, 6.45) is 4.27. The molecule has 0 atom stereocenters. The highest BCUT2D eigenvalue weighted by Gasteiger charge is 2.08. The lowest BCUT2D eigenvalue weighted by atomic mass is 10.1. The molecule has 0 aliphatic carbocycles. The van der Waals surface area contributed by atoms with Gasteiger partial charge in [0.05, 0.1) is 20.6 Å². The summed E-state index contributed by atoms with van der Waals surface area (Å²) in [5, 5.41) is 2.90. The standard InChI is InChI=1S/C16H20N2O3/c1-20-14-6-5-13(11-15(14)21-2)12-16(19)17-7-10-18-8-3-4-9-18/h3-6,8-9,11H,7,10,12H2,1-2H3,(H,17,19). The molecule has 1 amide bonds. The van der Waals surface area contributed by atoms with Crippen molar-refractivity contribution in [1.29, 1.82) is 0 Å². The van der Waals surface area contributed by atoms with Crippen LogP contribution in [0.3, 0.4) is 0 Å². The lowest BCUT2D eigenvalue weighted by molar-refractivity contribution is -0.120. The number of aromatic nitrogens is 1. The smallest absolute Gasteiger partial charge is 0.224 e. The number of hydrogen-bond donors (Lipinski definition) is 1. The second kappa shape index (κ2) is 7.38. The Balaban J connectivity index is 1.84. The number of benzene rings is 1. The molecule has 21 heavy (non-hydrogen) atoms. The molecule has 1 aromatic carbocycles. The molecule has 0 saturated heterocycles. The third kappa shape index (κ3) is 4.27.